The largest absolute Gasteiger partial charge is 0.469 e. The zero-order valence-corrected chi connectivity index (χ0v) is 22.5. The molecule has 10 heteroatoms. The molecule has 1 saturated heterocycles. The molecule has 3 aliphatic rings. The molecule has 5 rings (SSSR count). The number of nitrogens with zero attached hydrogens (tertiary/aromatic N) is 2. The number of ether oxygens (including phenoxy) is 2. The van der Waals surface area contributed by atoms with Gasteiger partial charge in [0, 0.05) is 36.0 Å². The summed E-state index contributed by atoms with van der Waals surface area (Å²) >= 11 is 0. The van der Waals surface area contributed by atoms with E-state index >= 15 is 0 Å². The smallest absolute Gasteiger partial charge is 0.354 e. The standard InChI is InChI=1S/C27H35N3O6S/c1-4-27-12-7-14-29-15-11-19-20-16-18(37(33,34)28-13-6-8-23(31)35-3)9-10-21(20)30(24(19)25(27)29)22(17-27)26(32)36-5-2/h9-10,16-17,25,28H,4-8,11-15H2,1-3H3/t25-,27+/m1/s1. The molecule has 3 aliphatic heterocycles. The lowest BCUT2D eigenvalue weighted by atomic mass is 9.66. The van der Waals surface area contributed by atoms with Crippen molar-refractivity contribution in [3.8, 4) is 0 Å². The quantitative estimate of drug-likeness (QED) is 0.392. The second kappa shape index (κ2) is 9.89. The Bertz CT molecular complexity index is 1380. The fraction of sp³-hybridized carbons (Fsp3) is 0.556. The summed E-state index contributed by atoms with van der Waals surface area (Å²) in [6.07, 6.45) is 6.42. The number of nitrogens with one attached hydrogen (secondary N) is 1. The Morgan fingerprint density at radius 3 is 2.76 bits per heavy atom. The van der Waals surface area contributed by atoms with Crippen LogP contribution in [0.2, 0.25) is 0 Å². The molecule has 0 amide bonds. The van der Waals surface area contributed by atoms with Crippen LogP contribution in [0.1, 0.15) is 63.3 Å². The second-order valence-electron chi connectivity index (χ2n) is 10.1. The summed E-state index contributed by atoms with van der Waals surface area (Å²) in [5, 5.41) is 0.861. The van der Waals surface area contributed by atoms with Crippen LogP contribution in [0.25, 0.3) is 16.6 Å². The maximum atomic E-state index is 13.2. The molecule has 0 unspecified atom stereocenters. The van der Waals surface area contributed by atoms with Crippen molar-refractivity contribution in [2.75, 3.05) is 33.4 Å². The van der Waals surface area contributed by atoms with Gasteiger partial charge in [0.25, 0.3) is 0 Å². The Morgan fingerprint density at radius 1 is 1.22 bits per heavy atom. The molecule has 0 saturated carbocycles. The average Bonchev–Trinajstić information content (AvgIpc) is 3.24. The van der Waals surface area contributed by atoms with E-state index in [2.05, 4.69) is 27.4 Å². The molecule has 2 aromatic rings. The molecule has 1 aromatic carbocycles. The lowest BCUT2D eigenvalue weighted by Crippen LogP contribution is -2.51. The number of hydrogen-bond acceptors (Lipinski definition) is 7. The lowest BCUT2D eigenvalue weighted by molar-refractivity contribution is -0.140. The minimum absolute atomic E-state index is 0.139. The molecule has 0 bridgehead atoms. The highest BCUT2D eigenvalue weighted by molar-refractivity contribution is 7.89. The minimum Gasteiger partial charge on any atom is -0.469 e. The van der Waals surface area contributed by atoms with Crippen LogP contribution in [0.3, 0.4) is 0 Å². The summed E-state index contributed by atoms with van der Waals surface area (Å²) in [6.45, 7) is 6.35. The van der Waals surface area contributed by atoms with E-state index in [1.807, 2.05) is 4.57 Å². The number of piperidine rings is 1. The van der Waals surface area contributed by atoms with E-state index in [4.69, 9.17) is 4.74 Å². The number of methoxy groups -OCH3 is 1. The third-order valence-corrected chi connectivity index (χ3v) is 9.64. The highest BCUT2D eigenvalue weighted by atomic mass is 32.2. The van der Waals surface area contributed by atoms with Crippen molar-refractivity contribution in [1.82, 2.24) is 14.2 Å². The first kappa shape index (κ1) is 25.9. The van der Waals surface area contributed by atoms with E-state index in [0.717, 1.165) is 60.9 Å². The maximum absolute atomic E-state index is 13.2. The van der Waals surface area contributed by atoms with Gasteiger partial charge >= 0.3 is 11.9 Å². The van der Waals surface area contributed by atoms with Gasteiger partial charge < -0.3 is 14.0 Å². The lowest BCUT2D eigenvalue weighted by Gasteiger charge is -2.53. The molecular formula is C27H35N3O6S. The van der Waals surface area contributed by atoms with Crippen LogP contribution in [0.4, 0.5) is 0 Å². The van der Waals surface area contributed by atoms with Crippen LogP contribution in [0.15, 0.2) is 29.2 Å². The zero-order chi connectivity index (χ0) is 26.4. The van der Waals surface area contributed by atoms with Crippen molar-refractivity contribution in [3.05, 3.63) is 35.5 Å². The number of fused-ring (bicyclic) bond motifs is 3. The Balaban J connectivity index is 1.60. The Hall–Kier alpha value is -2.69. The van der Waals surface area contributed by atoms with Gasteiger partial charge in [-0.2, -0.15) is 0 Å². The van der Waals surface area contributed by atoms with Crippen LogP contribution in [0, 0.1) is 5.41 Å². The van der Waals surface area contributed by atoms with E-state index in [-0.39, 0.29) is 47.9 Å². The highest BCUT2D eigenvalue weighted by Gasteiger charge is 2.51. The highest BCUT2D eigenvalue weighted by Crippen LogP contribution is 2.57. The maximum Gasteiger partial charge on any atom is 0.354 e. The molecule has 2 atom stereocenters. The van der Waals surface area contributed by atoms with E-state index in [0.29, 0.717) is 12.1 Å². The predicted molar refractivity (Wildman–Crippen MR) is 139 cm³/mol. The van der Waals surface area contributed by atoms with Crippen LogP contribution in [0.5, 0.6) is 0 Å². The third kappa shape index (κ3) is 4.28. The molecule has 1 aromatic heterocycles. The van der Waals surface area contributed by atoms with Gasteiger partial charge in [0.2, 0.25) is 10.0 Å². The number of benzene rings is 1. The second-order valence-corrected chi connectivity index (χ2v) is 11.9. The van der Waals surface area contributed by atoms with Gasteiger partial charge in [-0.1, -0.05) is 6.92 Å². The summed E-state index contributed by atoms with van der Waals surface area (Å²) in [6, 6.07) is 5.27. The predicted octanol–water partition coefficient (Wildman–Crippen LogP) is 3.38. The Kier molecular flexibility index (Phi) is 6.93. The topological polar surface area (TPSA) is 107 Å². The number of carbonyl (C=O) groups excluding carboxylic acids is 2. The molecule has 4 heterocycles. The van der Waals surface area contributed by atoms with Gasteiger partial charge in [-0.25, -0.2) is 17.9 Å². The molecule has 37 heavy (non-hydrogen) atoms. The van der Waals surface area contributed by atoms with Crippen LogP contribution in [-0.4, -0.2) is 63.2 Å². The van der Waals surface area contributed by atoms with Gasteiger partial charge in [-0.3, -0.25) is 9.69 Å². The molecule has 0 radical (unpaired) electrons. The van der Waals surface area contributed by atoms with Crippen LogP contribution in [-0.2, 0) is 35.5 Å². The first-order chi connectivity index (χ1) is 17.8. The zero-order valence-electron chi connectivity index (χ0n) is 21.7. The van der Waals surface area contributed by atoms with Crippen LogP contribution >= 0.6 is 0 Å². The SMILES string of the molecule is CCOC(=O)C1=C[C@]2(CC)CCCN3CCc4c(n1c1ccc(S(=O)(=O)NCCCC(=O)OC)cc41)[C@@H]32. The number of esters is 2. The van der Waals surface area contributed by atoms with Crippen molar-refractivity contribution in [1.29, 1.82) is 0 Å². The Morgan fingerprint density at radius 2 is 2.03 bits per heavy atom. The van der Waals surface area contributed by atoms with Gasteiger partial charge in [-0.05, 0) is 75.4 Å². The van der Waals surface area contributed by atoms with Gasteiger partial charge in [0.1, 0.15) is 5.70 Å². The summed E-state index contributed by atoms with van der Waals surface area (Å²) in [4.78, 5) is 27.3. The molecule has 0 aliphatic carbocycles. The molecule has 0 spiro atoms. The van der Waals surface area contributed by atoms with Crippen molar-refractivity contribution < 1.29 is 27.5 Å². The summed E-state index contributed by atoms with van der Waals surface area (Å²) in [5.74, 6) is -0.718. The fourth-order valence-corrected chi connectivity index (χ4v) is 7.55. The molecule has 200 valence electrons. The van der Waals surface area contributed by atoms with Gasteiger partial charge in [-0.15, -0.1) is 0 Å². The first-order valence-corrected chi connectivity index (χ1v) is 14.6. The summed E-state index contributed by atoms with van der Waals surface area (Å²) in [5.41, 5.74) is 3.43. The first-order valence-electron chi connectivity index (χ1n) is 13.1. The number of aromatic nitrogens is 1. The summed E-state index contributed by atoms with van der Waals surface area (Å²) < 4.78 is 40.9. The number of rotatable bonds is 9. The minimum atomic E-state index is -3.78. The molecule has 1 fully saturated rings. The van der Waals surface area contributed by atoms with Crippen molar-refractivity contribution in [2.45, 2.75) is 63.3 Å². The van der Waals surface area contributed by atoms with Crippen molar-refractivity contribution >= 4 is 38.6 Å². The third-order valence-electron chi connectivity index (χ3n) is 8.19. The number of sulfonamides is 1. The summed E-state index contributed by atoms with van der Waals surface area (Å²) in [7, 11) is -2.47. The number of hydrogen-bond donors (Lipinski definition) is 1. The number of carbonyl (C=O) groups is 2. The van der Waals surface area contributed by atoms with Crippen molar-refractivity contribution in [3.63, 3.8) is 0 Å². The molecule has 9 nitrogen and oxygen atoms in total. The normalized spacial score (nSPS) is 22.9. The van der Waals surface area contributed by atoms with Crippen molar-refractivity contribution in [2.24, 2.45) is 5.41 Å². The van der Waals surface area contributed by atoms with E-state index in [9.17, 15) is 18.0 Å². The van der Waals surface area contributed by atoms with E-state index in [1.54, 1.807) is 25.1 Å². The molecule has 1 N–H and O–H groups in total. The van der Waals surface area contributed by atoms with Gasteiger partial charge in [0.05, 0.1) is 30.2 Å². The van der Waals surface area contributed by atoms with E-state index < -0.39 is 10.0 Å². The van der Waals surface area contributed by atoms with E-state index in [1.165, 1.54) is 7.11 Å². The monoisotopic (exact) mass is 529 g/mol. The Labute approximate surface area is 217 Å². The average molecular weight is 530 g/mol. The molecular weight excluding hydrogens is 494 g/mol. The van der Waals surface area contributed by atoms with Gasteiger partial charge in [0.15, 0.2) is 0 Å². The fourth-order valence-electron chi connectivity index (χ4n) is 6.45. The van der Waals surface area contributed by atoms with Crippen LogP contribution < -0.4 is 4.72 Å².